The third-order valence-electron chi connectivity index (χ3n) is 6.26. The van der Waals surface area contributed by atoms with Crippen LogP contribution in [-0.2, 0) is 38.8 Å². The summed E-state index contributed by atoms with van der Waals surface area (Å²) in [6.07, 6.45) is 0.0868. The van der Waals surface area contributed by atoms with E-state index in [2.05, 4.69) is 58.8 Å². The minimum atomic E-state index is -5.91. The number of hydrogen-bond acceptors (Lipinski definition) is 17. The highest BCUT2D eigenvalue weighted by Crippen LogP contribution is 2.33. The molecule has 9 N–H and O–H groups in total. The number of nitriles is 3. The summed E-state index contributed by atoms with van der Waals surface area (Å²) in [5, 5.41) is 26.6. The first-order valence-corrected chi connectivity index (χ1v) is 21.9. The molecule has 2 aromatic rings. The average molecular weight is 1030 g/mol. The maximum Gasteiger partial charge on any atom is 0.534 e. The molecule has 0 aliphatic rings. The van der Waals surface area contributed by atoms with Crippen molar-refractivity contribution in [3.05, 3.63) is 44.7 Å². The number of methoxy groups -OCH3 is 1. The highest BCUT2D eigenvalue weighted by atomic mass is 79.9. The Bertz CT molecular complexity index is 2190. The molecule has 0 atom stereocenters. The number of pyridine rings is 2. The van der Waals surface area contributed by atoms with Crippen LogP contribution < -0.4 is 32.7 Å². The summed E-state index contributed by atoms with van der Waals surface area (Å²) in [6, 6.07) is 8.04. The Kier molecular flexibility index (Phi) is 33.1. The molecule has 19 nitrogen and oxygen atoms in total. The lowest BCUT2D eigenvalue weighted by molar-refractivity contribution is -0.144. The number of alkyl halides is 4. The number of nitrogens with zero attached hydrogens (tertiary/aromatic N) is 4. The number of rotatable bonds is 15. The van der Waals surface area contributed by atoms with Crippen molar-refractivity contribution in [3.63, 3.8) is 0 Å². The fraction of sp³-hybridized carbons (Fsp3) is 0.472. The quantitative estimate of drug-likeness (QED) is 0.0316. The van der Waals surface area contributed by atoms with Gasteiger partial charge in [-0.25, -0.2) is 4.98 Å². The smallest absolute Gasteiger partial charge is 0.469 e. The standard InChI is InChI=1S/C12H12F3N3O4S2.C11H13N3O2S.C7H12O3.C3H4N2S.C2H4BrNO.CH4/c1-6(2)7-3-10(22-24(20,21)12(13,14)15)18-11(8(7)4-16)23-5-9(17)19;1-6(2)7-3-10(16)14-11(8(7)4-12)17-5-9(13)15;1-5(2)6(8)4-7(9)10-3;4-2-1-3(5)6;3-1-2(4)5;/h3,6H,5H2,1-2H3,(H2,17,19);3,6H,5H2,1-2H3,(H2,13,15)(H,14,16);5H,4H2,1-3H3;1H2,(H2,5,6);1H2,(H2,4,5);1H4. The maximum atomic E-state index is 12.4. The van der Waals surface area contributed by atoms with Gasteiger partial charge in [0.15, 0.2) is 0 Å². The number of thiocarbonyl (C=S) groups is 1. The fourth-order valence-corrected chi connectivity index (χ4v) is 5.38. The third-order valence-corrected chi connectivity index (χ3v) is 9.94. The van der Waals surface area contributed by atoms with Crippen molar-refractivity contribution < 1.29 is 54.5 Å². The van der Waals surface area contributed by atoms with Crippen molar-refractivity contribution in [3.8, 4) is 24.1 Å². The van der Waals surface area contributed by atoms with Crippen molar-refractivity contribution in [1.29, 1.82) is 15.8 Å². The second kappa shape index (κ2) is 32.4. The number of halogens is 4. The van der Waals surface area contributed by atoms with E-state index >= 15 is 0 Å². The molecule has 0 aliphatic carbocycles. The van der Waals surface area contributed by atoms with Gasteiger partial charge in [0, 0.05) is 18.1 Å². The minimum Gasteiger partial charge on any atom is -0.469 e. The van der Waals surface area contributed by atoms with Crippen molar-refractivity contribution in [1.82, 2.24) is 9.97 Å². The van der Waals surface area contributed by atoms with E-state index < -0.39 is 39.3 Å². The Hall–Kier alpha value is -5.27. The first-order chi connectivity index (χ1) is 28.5. The molecule has 0 aliphatic heterocycles. The highest BCUT2D eigenvalue weighted by molar-refractivity contribution is 9.09. The van der Waals surface area contributed by atoms with Crippen molar-refractivity contribution in [2.45, 2.75) is 89.2 Å². The van der Waals surface area contributed by atoms with Gasteiger partial charge in [-0.05, 0) is 23.0 Å². The number of primary amides is 3. The number of aromatic nitrogens is 2. The van der Waals surface area contributed by atoms with E-state index in [1.807, 2.05) is 19.9 Å². The number of aromatic amines is 1. The van der Waals surface area contributed by atoms with Crippen molar-refractivity contribution >= 4 is 96.3 Å². The molecular formula is C36H49BrF3N9O10S4. The number of thioether (sulfide) groups is 2. The molecular weight excluding hydrogens is 984 g/mol. The van der Waals surface area contributed by atoms with Crippen molar-refractivity contribution in [2.75, 3.05) is 23.9 Å². The largest absolute Gasteiger partial charge is 0.534 e. The zero-order valence-electron chi connectivity index (χ0n) is 34.2. The number of esters is 1. The number of Topliss-reactive ketones (excluding diaryl/α,β-unsaturated/α-hetero) is 1. The van der Waals surface area contributed by atoms with Gasteiger partial charge in [0.25, 0.3) is 0 Å². The van der Waals surface area contributed by atoms with Gasteiger partial charge in [0.05, 0.1) is 57.6 Å². The van der Waals surface area contributed by atoms with E-state index in [1.54, 1.807) is 33.8 Å². The summed E-state index contributed by atoms with van der Waals surface area (Å²) in [5.41, 5.74) is 15.0. The maximum absolute atomic E-state index is 12.4. The van der Waals surface area contributed by atoms with E-state index in [0.717, 1.165) is 17.8 Å². The Balaban J connectivity index is -0.000000387. The number of carbonyl (C=O) groups is 5. The average Bonchev–Trinajstić information content (AvgIpc) is 3.15. The van der Waals surface area contributed by atoms with Crippen LogP contribution in [0.4, 0.5) is 13.2 Å². The van der Waals surface area contributed by atoms with Gasteiger partial charge < -0.3 is 36.8 Å². The van der Waals surface area contributed by atoms with Crippen LogP contribution in [-0.4, -0.2) is 82.3 Å². The molecule has 2 aromatic heterocycles. The van der Waals surface area contributed by atoms with Crippen LogP contribution >= 0.6 is 51.7 Å². The number of amides is 3. The van der Waals surface area contributed by atoms with Crippen molar-refractivity contribution in [2.24, 2.45) is 28.9 Å². The third kappa shape index (κ3) is 28.1. The van der Waals surface area contributed by atoms with E-state index in [9.17, 15) is 55.6 Å². The number of carbonyl (C=O) groups excluding carboxylic acids is 5. The molecule has 0 radical (unpaired) electrons. The molecule has 0 bridgehead atoms. The number of H-pyrrole nitrogens is 1. The minimum absolute atomic E-state index is 0. The normalized spacial score (nSPS) is 10.1. The summed E-state index contributed by atoms with van der Waals surface area (Å²) in [4.78, 5) is 70.2. The van der Waals surface area contributed by atoms with E-state index in [-0.39, 0.29) is 93.2 Å². The number of nitrogens with two attached hydrogens (primary N) is 4. The van der Waals surface area contributed by atoms with Crippen LogP contribution in [0.5, 0.6) is 5.88 Å². The van der Waals surface area contributed by atoms with E-state index in [1.165, 1.54) is 13.2 Å². The summed E-state index contributed by atoms with van der Waals surface area (Å²) in [7, 11) is -4.63. The van der Waals surface area contributed by atoms with Gasteiger partial charge in [-0.3, -0.25) is 28.8 Å². The van der Waals surface area contributed by atoms with Crippen LogP contribution in [0, 0.1) is 39.9 Å². The molecule has 0 spiro atoms. The number of ether oxygens (including phenoxy) is 1. The second-order valence-electron chi connectivity index (χ2n) is 12.3. The molecule has 0 aromatic carbocycles. The van der Waals surface area contributed by atoms with Crippen LogP contribution in [0.2, 0.25) is 0 Å². The lowest BCUT2D eigenvalue weighted by atomic mass is 10.00. The van der Waals surface area contributed by atoms with Gasteiger partial charge in [0.2, 0.25) is 29.2 Å². The van der Waals surface area contributed by atoms with Crippen LogP contribution in [0.15, 0.2) is 27.0 Å². The van der Waals surface area contributed by atoms with Crippen LogP contribution in [0.1, 0.15) is 95.9 Å². The molecule has 0 unspecified atom stereocenters. The Morgan fingerprint density at radius 2 is 1.35 bits per heavy atom. The lowest BCUT2D eigenvalue weighted by Gasteiger charge is -2.14. The number of ketones is 1. The monoisotopic (exact) mass is 1030 g/mol. The number of nitrogens with one attached hydrogen (secondary N) is 1. The van der Waals surface area contributed by atoms with Gasteiger partial charge >= 0.3 is 21.6 Å². The van der Waals surface area contributed by atoms with Gasteiger partial charge in [-0.2, -0.15) is 37.4 Å². The molecule has 0 saturated heterocycles. The Morgan fingerprint density at radius 3 is 1.68 bits per heavy atom. The van der Waals surface area contributed by atoms with E-state index in [4.69, 9.17) is 27.7 Å². The SMILES string of the molecule is C.CC(C)c1cc(=O)[nH]c(SCC(N)=O)c1C#N.CC(C)c1cc(OS(=O)(=O)C(F)(F)F)nc(SCC(N)=O)c1C#N.COC(=O)CC(=O)C(C)C.N#CCC(N)=S.NC(=O)CBr. The molecule has 2 heterocycles. The van der Waals surface area contributed by atoms with Crippen LogP contribution in [0.25, 0.3) is 0 Å². The topological polar surface area (TPSA) is 359 Å². The first-order valence-electron chi connectivity index (χ1n) is 17.0. The predicted octanol–water partition coefficient (Wildman–Crippen LogP) is 4.29. The molecule has 3 amide bonds. The molecule has 2 rings (SSSR count). The number of hydrogen-bond donors (Lipinski definition) is 5. The van der Waals surface area contributed by atoms with Gasteiger partial charge in [0.1, 0.15) is 29.4 Å². The lowest BCUT2D eigenvalue weighted by Crippen LogP contribution is -2.28. The zero-order valence-corrected chi connectivity index (χ0v) is 39.1. The summed E-state index contributed by atoms with van der Waals surface area (Å²) < 4.78 is 67.8. The van der Waals surface area contributed by atoms with Crippen LogP contribution in [0.3, 0.4) is 0 Å². The van der Waals surface area contributed by atoms with Gasteiger partial charge in [-0.1, -0.05) is 101 Å². The van der Waals surface area contributed by atoms with E-state index in [0.29, 0.717) is 27.9 Å². The summed E-state index contributed by atoms with van der Waals surface area (Å²) in [6.45, 7) is 10.6. The predicted molar refractivity (Wildman–Crippen MR) is 238 cm³/mol. The highest BCUT2D eigenvalue weighted by Gasteiger charge is 2.49. The molecule has 0 saturated carbocycles. The fourth-order valence-electron chi connectivity index (χ4n) is 3.40. The molecule has 350 valence electrons. The van der Waals surface area contributed by atoms with Gasteiger partial charge in [-0.15, -0.1) is 0 Å². The Morgan fingerprint density at radius 1 is 0.889 bits per heavy atom. The zero-order chi connectivity index (χ0) is 49.1. The second-order valence-corrected chi connectivity index (χ2v) is 16.9. The molecule has 27 heteroatoms. The summed E-state index contributed by atoms with van der Waals surface area (Å²) >= 11 is 8.96. The molecule has 63 heavy (non-hydrogen) atoms. The first kappa shape index (κ1) is 64.4. The molecule has 0 fully saturated rings. The summed E-state index contributed by atoms with van der Waals surface area (Å²) in [5.74, 6) is -3.57. The Labute approximate surface area is 385 Å².